The maximum absolute atomic E-state index is 12.3. The molecule has 3 N–H and O–H groups in total. The zero-order valence-corrected chi connectivity index (χ0v) is 20.4. The second kappa shape index (κ2) is 16.0. The normalized spacial score (nSPS) is 21.6. The molecule has 1 saturated carbocycles. The Hall–Kier alpha value is -1.69. The highest BCUT2D eigenvalue weighted by Gasteiger charge is 2.32. The smallest absolute Gasteiger partial charge is 0.326 e. The van der Waals surface area contributed by atoms with Crippen LogP contribution >= 0.6 is 0 Å². The largest absolute Gasteiger partial charge is 0.480 e. The van der Waals surface area contributed by atoms with Gasteiger partial charge in [0.1, 0.15) is 11.8 Å². The summed E-state index contributed by atoms with van der Waals surface area (Å²) in [5.74, 6) is -0.645. The number of unbranched alkanes of at least 4 members (excludes halogenated alkanes) is 5. The van der Waals surface area contributed by atoms with E-state index in [0.717, 1.165) is 64.2 Å². The van der Waals surface area contributed by atoms with Gasteiger partial charge in [0.15, 0.2) is 0 Å². The molecule has 1 aliphatic rings. The number of allylic oxidation sites excluding steroid dienone is 1. The lowest BCUT2D eigenvalue weighted by molar-refractivity contribution is -0.143. The number of aliphatic carboxylic acids is 1. The number of Topliss-reactive ketones (excluding diaryl/α,β-unsaturated/α-hetero) is 1. The highest BCUT2D eigenvalue weighted by molar-refractivity contribution is 5.84. The zero-order valence-electron chi connectivity index (χ0n) is 20.4. The van der Waals surface area contributed by atoms with Gasteiger partial charge in [-0.1, -0.05) is 77.9 Å². The van der Waals surface area contributed by atoms with Gasteiger partial charge in [0, 0.05) is 18.8 Å². The number of aliphatic hydroxyl groups is 1. The molecule has 0 unspecified atom stereocenters. The molecule has 0 saturated heterocycles. The molecule has 6 nitrogen and oxygen atoms in total. The van der Waals surface area contributed by atoms with Crippen molar-refractivity contribution in [1.29, 1.82) is 0 Å². The summed E-state index contributed by atoms with van der Waals surface area (Å²) in [6, 6.07) is -0.823. The molecule has 32 heavy (non-hydrogen) atoms. The van der Waals surface area contributed by atoms with Crippen LogP contribution in [0.2, 0.25) is 0 Å². The van der Waals surface area contributed by atoms with Crippen molar-refractivity contribution in [3.8, 4) is 0 Å². The average Bonchev–Trinajstić information content (AvgIpc) is 3.11. The molecular weight excluding hydrogens is 406 g/mol. The summed E-state index contributed by atoms with van der Waals surface area (Å²) in [6.07, 6.45) is 14.6. The van der Waals surface area contributed by atoms with Gasteiger partial charge in [0.25, 0.3) is 0 Å². The molecule has 0 aromatic carbocycles. The van der Waals surface area contributed by atoms with Gasteiger partial charge in [-0.25, -0.2) is 4.79 Å². The SMILES string of the molecule is CCCCC[C@H](O)/C=C/[C@H]1CCC(=O)[C@@H]1CCCCCCC(=O)N[C@@H](C(=O)O)[C@H](C)CC. The topological polar surface area (TPSA) is 104 Å². The van der Waals surface area contributed by atoms with Crippen LogP contribution in [0.25, 0.3) is 0 Å². The summed E-state index contributed by atoms with van der Waals surface area (Å²) in [6.45, 7) is 5.89. The van der Waals surface area contributed by atoms with Gasteiger partial charge in [0.05, 0.1) is 6.10 Å². The molecule has 1 amide bonds. The fourth-order valence-corrected chi connectivity index (χ4v) is 4.44. The Labute approximate surface area is 194 Å². The van der Waals surface area contributed by atoms with Crippen LogP contribution in [0.5, 0.6) is 0 Å². The molecule has 0 aromatic rings. The molecule has 184 valence electrons. The predicted octanol–water partition coefficient (Wildman–Crippen LogP) is 5.04. The number of carboxylic acid groups (broad SMARTS) is 1. The monoisotopic (exact) mass is 451 g/mol. The van der Waals surface area contributed by atoms with E-state index >= 15 is 0 Å². The highest BCUT2D eigenvalue weighted by atomic mass is 16.4. The molecule has 6 heteroatoms. The first-order valence-electron chi connectivity index (χ1n) is 12.7. The first-order valence-corrected chi connectivity index (χ1v) is 12.7. The van der Waals surface area contributed by atoms with Crippen LogP contribution in [0.4, 0.5) is 0 Å². The molecule has 0 heterocycles. The molecule has 1 rings (SSSR count). The van der Waals surface area contributed by atoms with Crippen molar-refractivity contribution in [2.75, 3.05) is 0 Å². The minimum atomic E-state index is -0.981. The van der Waals surface area contributed by atoms with E-state index in [2.05, 4.69) is 18.3 Å². The van der Waals surface area contributed by atoms with Gasteiger partial charge in [-0.2, -0.15) is 0 Å². The van der Waals surface area contributed by atoms with Crippen LogP contribution in [0.3, 0.4) is 0 Å². The summed E-state index contributed by atoms with van der Waals surface area (Å²) < 4.78 is 0. The Bertz CT molecular complexity index is 603. The van der Waals surface area contributed by atoms with Crippen molar-refractivity contribution < 1.29 is 24.6 Å². The Kier molecular flexibility index (Phi) is 14.2. The predicted molar refractivity (Wildman–Crippen MR) is 127 cm³/mol. The maximum Gasteiger partial charge on any atom is 0.326 e. The van der Waals surface area contributed by atoms with Crippen LogP contribution in [0, 0.1) is 17.8 Å². The number of nitrogens with one attached hydrogen (secondary N) is 1. The third kappa shape index (κ3) is 10.8. The standard InChI is InChI=1S/C26H45NO5/c1-4-6-9-12-21(28)17-15-20-16-18-23(29)22(20)13-10-7-8-11-14-24(30)27-25(26(31)32)19(3)5-2/h15,17,19-22,25,28H,4-14,16,18H2,1-3H3,(H,27,30)(H,31,32)/b17-15+/t19-,20+,21+,22-,25-/m1/s1. The van der Waals surface area contributed by atoms with E-state index in [1.54, 1.807) is 0 Å². The van der Waals surface area contributed by atoms with Crippen molar-refractivity contribution in [3.63, 3.8) is 0 Å². The van der Waals surface area contributed by atoms with E-state index in [0.29, 0.717) is 25.0 Å². The van der Waals surface area contributed by atoms with Crippen LogP contribution in [-0.2, 0) is 14.4 Å². The summed E-state index contributed by atoms with van der Waals surface area (Å²) in [7, 11) is 0. The van der Waals surface area contributed by atoms with Gasteiger partial charge in [-0.15, -0.1) is 0 Å². The van der Waals surface area contributed by atoms with Crippen molar-refractivity contribution >= 4 is 17.7 Å². The molecule has 1 aliphatic carbocycles. The molecular formula is C26H45NO5. The number of amides is 1. The zero-order chi connectivity index (χ0) is 23.9. The lowest BCUT2D eigenvalue weighted by Crippen LogP contribution is -2.44. The lowest BCUT2D eigenvalue weighted by atomic mass is 9.89. The molecule has 0 aromatic heterocycles. The van der Waals surface area contributed by atoms with Gasteiger partial charge in [-0.3, -0.25) is 9.59 Å². The molecule has 1 fully saturated rings. The van der Waals surface area contributed by atoms with E-state index in [1.807, 2.05) is 19.9 Å². The van der Waals surface area contributed by atoms with Gasteiger partial charge < -0.3 is 15.5 Å². The Morgan fingerprint density at radius 2 is 1.84 bits per heavy atom. The summed E-state index contributed by atoms with van der Waals surface area (Å²) in [5, 5.41) is 22.0. The Morgan fingerprint density at radius 1 is 1.12 bits per heavy atom. The van der Waals surface area contributed by atoms with Crippen LogP contribution < -0.4 is 5.32 Å². The van der Waals surface area contributed by atoms with Crippen molar-refractivity contribution in [2.45, 2.75) is 116 Å². The number of carbonyl (C=O) groups excluding carboxylic acids is 2. The van der Waals surface area contributed by atoms with Crippen LogP contribution in [0.15, 0.2) is 12.2 Å². The average molecular weight is 452 g/mol. The second-order valence-electron chi connectivity index (χ2n) is 9.45. The van der Waals surface area contributed by atoms with Crippen molar-refractivity contribution in [1.82, 2.24) is 5.32 Å². The van der Waals surface area contributed by atoms with Crippen LogP contribution in [-0.4, -0.2) is 40.0 Å². The highest BCUT2D eigenvalue weighted by Crippen LogP contribution is 2.34. The number of hydrogen-bond donors (Lipinski definition) is 3. The number of ketones is 1. The van der Waals surface area contributed by atoms with Gasteiger partial charge in [0.2, 0.25) is 5.91 Å². The van der Waals surface area contributed by atoms with Crippen molar-refractivity contribution in [2.24, 2.45) is 17.8 Å². The summed E-state index contributed by atoms with van der Waals surface area (Å²) in [4.78, 5) is 35.7. The van der Waals surface area contributed by atoms with Crippen molar-refractivity contribution in [3.05, 3.63) is 12.2 Å². The minimum Gasteiger partial charge on any atom is -0.480 e. The number of rotatable bonds is 17. The van der Waals surface area contributed by atoms with E-state index in [-0.39, 0.29) is 23.7 Å². The molecule has 5 atom stereocenters. The molecule has 0 bridgehead atoms. The lowest BCUT2D eigenvalue weighted by Gasteiger charge is -2.20. The summed E-state index contributed by atoms with van der Waals surface area (Å²) in [5.41, 5.74) is 0. The molecule has 0 radical (unpaired) electrons. The van der Waals surface area contributed by atoms with Gasteiger partial charge >= 0.3 is 5.97 Å². The maximum atomic E-state index is 12.3. The Morgan fingerprint density at radius 3 is 2.50 bits per heavy atom. The number of aliphatic hydroxyl groups excluding tert-OH is 1. The first-order chi connectivity index (χ1) is 15.3. The molecule has 0 spiro atoms. The third-order valence-electron chi connectivity index (χ3n) is 6.80. The van der Waals surface area contributed by atoms with E-state index < -0.39 is 18.1 Å². The molecule has 0 aliphatic heterocycles. The van der Waals surface area contributed by atoms with Crippen LogP contribution in [0.1, 0.15) is 104 Å². The van der Waals surface area contributed by atoms with Gasteiger partial charge in [-0.05, 0) is 37.5 Å². The number of carboxylic acids is 1. The van der Waals surface area contributed by atoms with E-state index in [9.17, 15) is 24.6 Å². The summed E-state index contributed by atoms with van der Waals surface area (Å²) >= 11 is 0. The second-order valence-corrected chi connectivity index (χ2v) is 9.45. The minimum absolute atomic E-state index is 0.0595. The first kappa shape index (κ1) is 28.3. The van der Waals surface area contributed by atoms with E-state index in [1.165, 1.54) is 0 Å². The number of hydrogen-bond acceptors (Lipinski definition) is 4. The third-order valence-corrected chi connectivity index (χ3v) is 6.80. The Balaban J connectivity index is 2.28. The van der Waals surface area contributed by atoms with E-state index in [4.69, 9.17) is 0 Å². The number of carbonyl (C=O) groups is 3. The quantitative estimate of drug-likeness (QED) is 0.212. The fraction of sp³-hybridized carbons (Fsp3) is 0.808. The fourth-order valence-electron chi connectivity index (χ4n) is 4.44.